The first-order valence-corrected chi connectivity index (χ1v) is 4.88. The van der Waals surface area contributed by atoms with Crippen LogP contribution < -0.4 is 5.32 Å². The zero-order chi connectivity index (χ0) is 8.23. The Morgan fingerprint density at radius 3 is 2.83 bits per heavy atom. The van der Waals surface area contributed by atoms with Crippen LogP contribution in [0, 0.1) is 0 Å². The molecule has 70 valence electrons. The van der Waals surface area contributed by atoms with Gasteiger partial charge in [-0.3, -0.25) is 0 Å². The van der Waals surface area contributed by atoms with E-state index < -0.39 is 0 Å². The first-order chi connectivity index (χ1) is 5.95. The number of hydrogen-bond acceptors (Lipinski definition) is 3. The minimum Gasteiger partial charge on any atom is -0.377 e. The van der Waals surface area contributed by atoms with E-state index >= 15 is 0 Å². The van der Waals surface area contributed by atoms with E-state index in [-0.39, 0.29) is 0 Å². The first kappa shape index (κ1) is 8.48. The molecule has 0 amide bonds. The summed E-state index contributed by atoms with van der Waals surface area (Å²) in [7, 11) is 0. The van der Waals surface area contributed by atoms with Crippen LogP contribution in [-0.2, 0) is 9.47 Å². The molecule has 2 fully saturated rings. The summed E-state index contributed by atoms with van der Waals surface area (Å²) in [5.74, 6) is 0. The molecule has 0 bridgehead atoms. The highest BCUT2D eigenvalue weighted by molar-refractivity contribution is 4.76. The number of rotatable bonds is 4. The lowest BCUT2D eigenvalue weighted by Crippen LogP contribution is -2.46. The van der Waals surface area contributed by atoms with Crippen molar-refractivity contribution >= 4 is 0 Å². The molecule has 0 unspecified atom stereocenters. The van der Waals surface area contributed by atoms with Crippen LogP contribution in [0.1, 0.15) is 19.3 Å². The van der Waals surface area contributed by atoms with Gasteiger partial charge in [-0.1, -0.05) is 0 Å². The average Bonchev–Trinajstić information content (AvgIpc) is 2.46. The van der Waals surface area contributed by atoms with E-state index in [4.69, 9.17) is 9.47 Å². The van der Waals surface area contributed by atoms with Crippen molar-refractivity contribution < 1.29 is 9.47 Å². The third-order valence-electron chi connectivity index (χ3n) is 2.57. The predicted molar refractivity (Wildman–Crippen MR) is 46.2 cm³/mol. The zero-order valence-corrected chi connectivity index (χ0v) is 7.42. The topological polar surface area (TPSA) is 30.5 Å². The van der Waals surface area contributed by atoms with Gasteiger partial charge in [-0.25, -0.2) is 0 Å². The highest BCUT2D eigenvalue weighted by Gasteiger charge is 2.19. The lowest BCUT2D eigenvalue weighted by atomic mass is 10.1. The molecule has 2 saturated heterocycles. The molecule has 2 aliphatic rings. The second kappa shape index (κ2) is 4.21. The molecule has 0 saturated carbocycles. The summed E-state index contributed by atoms with van der Waals surface area (Å²) >= 11 is 0. The molecule has 0 aliphatic carbocycles. The van der Waals surface area contributed by atoms with Crippen molar-refractivity contribution in [1.29, 1.82) is 0 Å². The number of ether oxygens (including phenoxy) is 2. The number of hydrogen-bond donors (Lipinski definition) is 1. The molecule has 12 heavy (non-hydrogen) atoms. The van der Waals surface area contributed by atoms with Crippen LogP contribution in [0.15, 0.2) is 0 Å². The Hall–Kier alpha value is -0.120. The van der Waals surface area contributed by atoms with Gasteiger partial charge in [0.15, 0.2) is 0 Å². The van der Waals surface area contributed by atoms with Gasteiger partial charge in [-0.2, -0.15) is 0 Å². The van der Waals surface area contributed by atoms with Crippen LogP contribution in [0.3, 0.4) is 0 Å². The Labute approximate surface area is 73.4 Å². The van der Waals surface area contributed by atoms with Crippen molar-refractivity contribution in [2.75, 3.05) is 26.4 Å². The predicted octanol–water partition coefficient (Wildman–Crippen LogP) is 0.544. The van der Waals surface area contributed by atoms with Crippen LogP contribution in [0.4, 0.5) is 0 Å². The molecular formula is C9H17NO2. The van der Waals surface area contributed by atoms with Gasteiger partial charge in [0, 0.05) is 12.6 Å². The number of nitrogens with one attached hydrogen (secondary N) is 1. The minimum absolute atomic E-state index is 0.380. The smallest absolute Gasteiger partial charge is 0.0809 e. The standard InChI is InChI=1S/C9H17NO2/c1-2-9(12-5-1)7-11-6-8-3-4-10-8/h8-10H,1-7H2/t8-,9+/m0/s1. The van der Waals surface area contributed by atoms with Crippen molar-refractivity contribution in [2.45, 2.75) is 31.4 Å². The van der Waals surface area contributed by atoms with E-state index in [2.05, 4.69) is 5.32 Å². The van der Waals surface area contributed by atoms with Gasteiger partial charge < -0.3 is 14.8 Å². The summed E-state index contributed by atoms with van der Waals surface area (Å²) in [5.41, 5.74) is 0. The molecule has 2 heterocycles. The summed E-state index contributed by atoms with van der Waals surface area (Å²) in [4.78, 5) is 0. The Morgan fingerprint density at radius 2 is 2.25 bits per heavy atom. The Bertz CT molecular complexity index is 130. The molecular weight excluding hydrogens is 154 g/mol. The fraction of sp³-hybridized carbons (Fsp3) is 1.00. The van der Waals surface area contributed by atoms with Crippen molar-refractivity contribution in [1.82, 2.24) is 5.32 Å². The van der Waals surface area contributed by atoms with Crippen molar-refractivity contribution in [3.63, 3.8) is 0 Å². The molecule has 0 spiro atoms. The monoisotopic (exact) mass is 171 g/mol. The molecule has 2 aliphatic heterocycles. The Morgan fingerprint density at radius 1 is 1.33 bits per heavy atom. The van der Waals surface area contributed by atoms with Gasteiger partial charge in [0.2, 0.25) is 0 Å². The fourth-order valence-electron chi connectivity index (χ4n) is 1.61. The minimum atomic E-state index is 0.380. The maximum absolute atomic E-state index is 5.53. The van der Waals surface area contributed by atoms with Gasteiger partial charge in [-0.15, -0.1) is 0 Å². The Kier molecular flexibility index (Phi) is 2.98. The molecule has 1 N–H and O–H groups in total. The average molecular weight is 171 g/mol. The SMILES string of the molecule is C1CO[C@@H](COC[C@@H]2CCN2)C1. The van der Waals surface area contributed by atoms with Crippen LogP contribution in [0.5, 0.6) is 0 Å². The molecule has 2 atom stereocenters. The third kappa shape index (κ3) is 2.19. The molecule has 0 aromatic heterocycles. The van der Waals surface area contributed by atoms with Gasteiger partial charge in [0.1, 0.15) is 0 Å². The van der Waals surface area contributed by atoms with Gasteiger partial charge in [0.05, 0.1) is 19.3 Å². The quantitative estimate of drug-likeness (QED) is 0.670. The largest absolute Gasteiger partial charge is 0.377 e. The van der Waals surface area contributed by atoms with E-state index in [9.17, 15) is 0 Å². The molecule has 0 aromatic rings. The van der Waals surface area contributed by atoms with Crippen LogP contribution in [0.25, 0.3) is 0 Å². The van der Waals surface area contributed by atoms with Gasteiger partial charge in [-0.05, 0) is 25.8 Å². The van der Waals surface area contributed by atoms with E-state index in [1.54, 1.807) is 0 Å². The second-order valence-electron chi connectivity index (χ2n) is 3.61. The fourth-order valence-corrected chi connectivity index (χ4v) is 1.61. The highest BCUT2D eigenvalue weighted by Crippen LogP contribution is 2.12. The normalized spacial score (nSPS) is 35.0. The van der Waals surface area contributed by atoms with Crippen LogP contribution in [-0.4, -0.2) is 38.5 Å². The first-order valence-electron chi connectivity index (χ1n) is 4.88. The van der Waals surface area contributed by atoms with E-state index in [1.807, 2.05) is 0 Å². The second-order valence-corrected chi connectivity index (χ2v) is 3.61. The highest BCUT2D eigenvalue weighted by atomic mass is 16.5. The molecule has 3 heteroatoms. The molecule has 2 rings (SSSR count). The summed E-state index contributed by atoms with van der Waals surface area (Å²) in [6, 6.07) is 0.617. The lowest BCUT2D eigenvalue weighted by Gasteiger charge is -2.27. The summed E-state index contributed by atoms with van der Waals surface area (Å²) in [5, 5.41) is 3.31. The summed E-state index contributed by atoms with van der Waals surface area (Å²) < 4.78 is 11.0. The lowest BCUT2D eigenvalue weighted by molar-refractivity contribution is 0.00433. The maximum Gasteiger partial charge on any atom is 0.0809 e. The molecule has 0 aromatic carbocycles. The molecule has 3 nitrogen and oxygen atoms in total. The van der Waals surface area contributed by atoms with E-state index in [0.717, 1.165) is 26.4 Å². The van der Waals surface area contributed by atoms with Gasteiger partial charge >= 0.3 is 0 Å². The zero-order valence-electron chi connectivity index (χ0n) is 7.42. The van der Waals surface area contributed by atoms with Crippen molar-refractivity contribution in [3.8, 4) is 0 Å². The van der Waals surface area contributed by atoms with Crippen molar-refractivity contribution in [3.05, 3.63) is 0 Å². The molecule has 0 radical (unpaired) electrons. The van der Waals surface area contributed by atoms with Crippen LogP contribution >= 0.6 is 0 Å². The summed E-state index contributed by atoms with van der Waals surface area (Å²) in [6.45, 7) is 3.74. The van der Waals surface area contributed by atoms with Crippen LogP contribution in [0.2, 0.25) is 0 Å². The third-order valence-corrected chi connectivity index (χ3v) is 2.57. The van der Waals surface area contributed by atoms with Crippen molar-refractivity contribution in [2.24, 2.45) is 0 Å². The maximum atomic E-state index is 5.53. The Balaban J connectivity index is 1.49. The van der Waals surface area contributed by atoms with E-state index in [1.165, 1.54) is 19.3 Å². The summed E-state index contributed by atoms with van der Waals surface area (Å²) in [6.07, 6.45) is 4.03. The van der Waals surface area contributed by atoms with Gasteiger partial charge in [0.25, 0.3) is 0 Å². The van der Waals surface area contributed by atoms with E-state index in [0.29, 0.717) is 12.1 Å².